The standard InChI is InChI=1S/C10H11NO4S/c1-2-15-8(12)5-3-4-7-6-16-9(11-7)10(13)14/h3-4,6H,2,5H2,1H3,(H,13,14)/p-1. The van der Waals surface area contributed by atoms with Crippen LogP contribution in [0.25, 0.3) is 6.08 Å². The van der Waals surface area contributed by atoms with Crippen molar-refractivity contribution in [3.8, 4) is 0 Å². The SMILES string of the molecule is CCOC(=O)CC=Cc1csc(C(=O)[O-])n1. The van der Waals surface area contributed by atoms with Crippen molar-refractivity contribution < 1.29 is 19.4 Å². The van der Waals surface area contributed by atoms with Gasteiger partial charge in [-0.15, -0.1) is 11.3 Å². The van der Waals surface area contributed by atoms with Gasteiger partial charge in [0, 0.05) is 5.38 Å². The van der Waals surface area contributed by atoms with Gasteiger partial charge in [-0.2, -0.15) is 0 Å². The van der Waals surface area contributed by atoms with Crippen molar-refractivity contribution in [2.24, 2.45) is 0 Å². The second-order valence-electron chi connectivity index (χ2n) is 2.78. The van der Waals surface area contributed by atoms with Crippen molar-refractivity contribution in [3.05, 3.63) is 22.2 Å². The van der Waals surface area contributed by atoms with E-state index in [0.29, 0.717) is 12.3 Å². The molecule has 16 heavy (non-hydrogen) atoms. The molecule has 5 nitrogen and oxygen atoms in total. The van der Waals surface area contributed by atoms with Crippen molar-refractivity contribution in [2.45, 2.75) is 13.3 Å². The molecule has 0 aliphatic heterocycles. The third-order valence-electron chi connectivity index (χ3n) is 1.58. The zero-order valence-electron chi connectivity index (χ0n) is 8.63. The van der Waals surface area contributed by atoms with Crippen LogP contribution in [0.3, 0.4) is 0 Å². The van der Waals surface area contributed by atoms with E-state index in [9.17, 15) is 14.7 Å². The van der Waals surface area contributed by atoms with Gasteiger partial charge in [-0.1, -0.05) is 6.08 Å². The van der Waals surface area contributed by atoms with Crippen LogP contribution in [0.15, 0.2) is 11.5 Å². The predicted octanol–water partition coefficient (Wildman–Crippen LogP) is 0.473. The number of thiazole rings is 1. The lowest BCUT2D eigenvalue weighted by molar-refractivity contribution is -0.255. The van der Waals surface area contributed by atoms with Gasteiger partial charge in [0.1, 0.15) is 11.0 Å². The molecule has 0 spiro atoms. The fourth-order valence-corrected chi connectivity index (χ4v) is 1.57. The Bertz CT molecular complexity index is 411. The molecule has 86 valence electrons. The Morgan fingerprint density at radius 3 is 2.94 bits per heavy atom. The van der Waals surface area contributed by atoms with Crippen molar-refractivity contribution in [1.82, 2.24) is 4.98 Å². The molecule has 1 aromatic heterocycles. The number of carboxylic acid groups (broad SMARTS) is 1. The van der Waals surface area contributed by atoms with Crippen LogP contribution in [0.5, 0.6) is 0 Å². The van der Waals surface area contributed by atoms with Crippen LogP contribution in [-0.4, -0.2) is 23.5 Å². The van der Waals surface area contributed by atoms with Crippen LogP contribution >= 0.6 is 11.3 Å². The molecule has 1 rings (SSSR count). The Hall–Kier alpha value is -1.69. The second-order valence-corrected chi connectivity index (χ2v) is 3.63. The van der Waals surface area contributed by atoms with Crippen molar-refractivity contribution in [1.29, 1.82) is 0 Å². The number of carboxylic acids is 1. The first-order valence-corrected chi connectivity index (χ1v) is 5.50. The molecule has 0 aliphatic carbocycles. The van der Waals surface area contributed by atoms with Gasteiger partial charge in [0.15, 0.2) is 0 Å². The first-order valence-electron chi connectivity index (χ1n) is 4.62. The molecule has 0 saturated carbocycles. The van der Waals surface area contributed by atoms with Crippen LogP contribution < -0.4 is 5.11 Å². The molecule has 1 heterocycles. The molecular formula is C10H10NO4S-. The maximum atomic E-state index is 11.0. The van der Waals surface area contributed by atoms with Gasteiger partial charge in [-0.3, -0.25) is 4.79 Å². The molecule has 0 aliphatic rings. The van der Waals surface area contributed by atoms with Gasteiger partial charge in [-0.25, -0.2) is 4.98 Å². The fraction of sp³-hybridized carbons (Fsp3) is 0.300. The van der Waals surface area contributed by atoms with Crippen molar-refractivity contribution in [3.63, 3.8) is 0 Å². The first kappa shape index (κ1) is 12.4. The number of carbonyl (C=O) groups excluding carboxylic acids is 2. The van der Waals surface area contributed by atoms with E-state index in [1.54, 1.807) is 24.5 Å². The van der Waals surface area contributed by atoms with E-state index >= 15 is 0 Å². The van der Waals surface area contributed by atoms with Gasteiger partial charge in [0.05, 0.1) is 18.7 Å². The van der Waals surface area contributed by atoms with E-state index in [-0.39, 0.29) is 17.4 Å². The summed E-state index contributed by atoms with van der Waals surface area (Å²) in [5.74, 6) is -1.62. The first-order chi connectivity index (χ1) is 7.63. The van der Waals surface area contributed by atoms with Gasteiger partial charge < -0.3 is 14.6 Å². The maximum Gasteiger partial charge on any atom is 0.309 e. The fourth-order valence-electron chi connectivity index (χ4n) is 0.952. The maximum absolute atomic E-state index is 11.0. The molecule has 0 unspecified atom stereocenters. The minimum Gasteiger partial charge on any atom is -0.542 e. The van der Waals surface area contributed by atoms with E-state index in [4.69, 9.17) is 4.74 Å². The number of hydrogen-bond acceptors (Lipinski definition) is 6. The minimum atomic E-state index is -1.30. The summed E-state index contributed by atoms with van der Waals surface area (Å²) in [5, 5.41) is 11.9. The average Bonchev–Trinajstić information content (AvgIpc) is 2.67. The molecule has 0 saturated heterocycles. The molecule has 0 bridgehead atoms. The van der Waals surface area contributed by atoms with Gasteiger partial charge in [0.25, 0.3) is 0 Å². The molecule has 0 radical (unpaired) electrons. The largest absolute Gasteiger partial charge is 0.542 e. The third-order valence-corrected chi connectivity index (χ3v) is 2.42. The summed E-state index contributed by atoms with van der Waals surface area (Å²) < 4.78 is 4.71. The highest BCUT2D eigenvalue weighted by atomic mass is 32.1. The Kier molecular flexibility index (Phi) is 4.65. The predicted molar refractivity (Wildman–Crippen MR) is 56.7 cm³/mol. The molecule has 0 N–H and O–H groups in total. The Morgan fingerprint density at radius 1 is 1.62 bits per heavy atom. The lowest BCUT2D eigenvalue weighted by Gasteiger charge is -1.95. The van der Waals surface area contributed by atoms with Crippen molar-refractivity contribution >= 4 is 29.4 Å². The summed E-state index contributed by atoms with van der Waals surface area (Å²) in [4.78, 5) is 25.1. The summed E-state index contributed by atoms with van der Waals surface area (Å²) in [6.45, 7) is 2.08. The van der Waals surface area contributed by atoms with Crippen LogP contribution in [0.4, 0.5) is 0 Å². The highest BCUT2D eigenvalue weighted by Crippen LogP contribution is 2.10. The van der Waals surface area contributed by atoms with Crippen LogP contribution in [0.2, 0.25) is 0 Å². The van der Waals surface area contributed by atoms with E-state index in [1.807, 2.05) is 0 Å². The highest BCUT2D eigenvalue weighted by Gasteiger charge is 2.00. The number of hydrogen-bond donors (Lipinski definition) is 0. The quantitative estimate of drug-likeness (QED) is 0.699. The highest BCUT2D eigenvalue weighted by molar-refractivity contribution is 7.11. The number of aromatic carboxylic acids is 1. The average molecular weight is 240 g/mol. The molecule has 6 heteroatoms. The summed E-state index contributed by atoms with van der Waals surface area (Å²) >= 11 is 0.986. The van der Waals surface area contributed by atoms with E-state index in [1.165, 1.54) is 0 Å². The molecule has 1 aromatic rings. The summed E-state index contributed by atoms with van der Waals surface area (Å²) in [6, 6.07) is 0. The number of esters is 1. The Labute approximate surface area is 96.4 Å². The van der Waals surface area contributed by atoms with Crippen LogP contribution in [0.1, 0.15) is 28.8 Å². The topological polar surface area (TPSA) is 79.3 Å². The summed E-state index contributed by atoms with van der Waals surface area (Å²) in [7, 11) is 0. The van der Waals surface area contributed by atoms with Crippen LogP contribution in [-0.2, 0) is 9.53 Å². The zero-order valence-corrected chi connectivity index (χ0v) is 9.45. The lowest BCUT2D eigenvalue weighted by Crippen LogP contribution is -2.21. The lowest BCUT2D eigenvalue weighted by atomic mass is 10.3. The summed E-state index contributed by atoms with van der Waals surface area (Å²) in [6.07, 6.45) is 3.29. The minimum absolute atomic E-state index is 0.0733. The number of rotatable bonds is 5. The smallest absolute Gasteiger partial charge is 0.309 e. The van der Waals surface area contributed by atoms with E-state index in [0.717, 1.165) is 11.3 Å². The summed E-state index contributed by atoms with van der Waals surface area (Å²) in [5.41, 5.74) is 0.494. The second kappa shape index (κ2) is 6.02. The zero-order chi connectivity index (χ0) is 12.0. The van der Waals surface area contributed by atoms with E-state index in [2.05, 4.69) is 4.98 Å². The van der Waals surface area contributed by atoms with Gasteiger partial charge in [0.2, 0.25) is 0 Å². The monoisotopic (exact) mass is 240 g/mol. The molecular weight excluding hydrogens is 230 g/mol. The number of aromatic nitrogens is 1. The number of carbonyl (C=O) groups is 2. The van der Waals surface area contributed by atoms with Gasteiger partial charge >= 0.3 is 5.97 Å². The molecule has 0 aromatic carbocycles. The number of ether oxygens (including phenoxy) is 1. The van der Waals surface area contributed by atoms with Crippen LogP contribution in [0, 0.1) is 0 Å². The number of nitrogens with zero attached hydrogens (tertiary/aromatic N) is 1. The van der Waals surface area contributed by atoms with E-state index < -0.39 is 5.97 Å². The Morgan fingerprint density at radius 2 is 2.38 bits per heavy atom. The van der Waals surface area contributed by atoms with Crippen molar-refractivity contribution in [2.75, 3.05) is 6.61 Å². The molecule has 0 fully saturated rings. The van der Waals surface area contributed by atoms with Gasteiger partial charge in [-0.05, 0) is 13.0 Å². The molecule has 0 atom stereocenters. The normalized spacial score (nSPS) is 10.6. The third kappa shape index (κ3) is 3.82. The molecule has 0 amide bonds. The Balaban J connectivity index is 2.50.